The lowest BCUT2D eigenvalue weighted by Crippen LogP contribution is -2.23. The van der Waals surface area contributed by atoms with Gasteiger partial charge in [0.15, 0.2) is 0 Å². The van der Waals surface area contributed by atoms with Crippen LogP contribution in [0, 0.1) is 6.92 Å². The second kappa shape index (κ2) is 6.76. The van der Waals surface area contributed by atoms with Crippen molar-refractivity contribution in [2.24, 2.45) is 5.73 Å². The van der Waals surface area contributed by atoms with Crippen molar-refractivity contribution in [2.45, 2.75) is 64.5 Å². The number of rotatable bonds is 4. The molecule has 0 saturated heterocycles. The van der Waals surface area contributed by atoms with Gasteiger partial charge in [-0.15, -0.1) is 0 Å². The molecule has 0 heterocycles. The Morgan fingerprint density at radius 1 is 1.32 bits per heavy atom. The summed E-state index contributed by atoms with van der Waals surface area (Å²) in [6.45, 7) is 4.16. The van der Waals surface area contributed by atoms with Crippen molar-refractivity contribution in [1.82, 2.24) is 0 Å². The third-order valence-electron chi connectivity index (χ3n) is 3.69. The van der Waals surface area contributed by atoms with Crippen LogP contribution in [0.5, 0.6) is 5.75 Å². The Hall–Kier alpha value is -0.540. The predicted octanol–water partition coefficient (Wildman–Crippen LogP) is 4.36. The van der Waals surface area contributed by atoms with Gasteiger partial charge in [-0.25, -0.2) is 0 Å². The smallest absolute Gasteiger partial charge is 0.125 e. The molecule has 2 N–H and O–H groups in total. The molecule has 0 bridgehead atoms. The third-order valence-corrected chi connectivity index (χ3v) is 4.15. The largest absolute Gasteiger partial charge is 0.490 e. The van der Waals surface area contributed by atoms with E-state index in [1.165, 1.54) is 43.2 Å². The van der Waals surface area contributed by atoms with Gasteiger partial charge >= 0.3 is 0 Å². The van der Waals surface area contributed by atoms with Gasteiger partial charge < -0.3 is 10.5 Å². The SMILES string of the molecule is Cc1cc(Br)cc(CC(C)N)c1OC1CCCCC1. The van der Waals surface area contributed by atoms with E-state index >= 15 is 0 Å². The van der Waals surface area contributed by atoms with E-state index in [1.807, 2.05) is 6.92 Å². The van der Waals surface area contributed by atoms with Crippen LogP contribution >= 0.6 is 15.9 Å². The monoisotopic (exact) mass is 325 g/mol. The minimum absolute atomic E-state index is 0.155. The van der Waals surface area contributed by atoms with Crippen LogP contribution in [0.3, 0.4) is 0 Å². The van der Waals surface area contributed by atoms with Gasteiger partial charge in [0, 0.05) is 10.5 Å². The summed E-state index contributed by atoms with van der Waals surface area (Å²) in [5, 5.41) is 0. The number of hydrogen-bond donors (Lipinski definition) is 1. The molecule has 1 aliphatic rings. The van der Waals surface area contributed by atoms with Crippen molar-refractivity contribution in [2.75, 3.05) is 0 Å². The summed E-state index contributed by atoms with van der Waals surface area (Å²) in [6, 6.07) is 4.43. The lowest BCUT2D eigenvalue weighted by molar-refractivity contribution is 0.152. The molecular formula is C16H24BrNO. The van der Waals surface area contributed by atoms with Crippen LogP contribution in [0.1, 0.15) is 50.2 Å². The molecule has 1 aromatic rings. The fraction of sp³-hybridized carbons (Fsp3) is 0.625. The second-order valence-corrected chi connectivity index (χ2v) is 6.69. The molecule has 0 spiro atoms. The predicted molar refractivity (Wildman–Crippen MR) is 83.7 cm³/mol. The minimum atomic E-state index is 0.155. The van der Waals surface area contributed by atoms with Crippen LogP contribution in [-0.2, 0) is 6.42 Å². The summed E-state index contributed by atoms with van der Waals surface area (Å²) in [5.41, 5.74) is 8.39. The molecule has 1 fully saturated rings. The van der Waals surface area contributed by atoms with Gasteiger partial charge in [0.05, 0.1) is 6.10 Å². The molecule has 2 nitrogen and oxygen atoms in total. The zero-order chi connectivity index (χ0) is 13.8. The van der Waals surface area contributed by atoms with E-state index in [9.17, 15) is 0 Å². The molecule has 1 aromatic carbocycles. The van der Waals surface area contributed by atoms with Crippen molar-refractivity contribution in [3.63, 3.8) is 0 Å². The molecule has 0 amide bonds. The summed E-state index contributed by atoms with van der Waals surface area (Å²) >= 11 is 3.57. The highest BCUT2D eigenvalue weighted by atomic mass is 79.9. The van der Waals surface area contributed by atoms with E-state index in [2.05, 4.69) is 35.0 Å². The van der Waals surface area contributed by atoms with Crippen molar-refractivity contribution in [3.8, 4) is 5.75 Å². The maximum atomic E-state index is 6.30. The van der Waals surface area contributed by atoms with Crippen LogP contribution in [0.25, 0.3) is 0 Å². The van der Waals surface area contributed by atoms with E-state index < -0.39 is 0 Å². The molecule has 3 heteroatoms. The highest BCUT2D eigenvalue weighted by molar-refractivity contribution is 9.10. The first-order valence-electron chi connectivity index (χ1n) is 7.27. The average Bonchev–Trinajstić information content (AvgIpc) is 2.34. The number of aryl methyl sites for hydroxylation is 1. The van der Waals surface area contributed by atoms with Gasteiger partial charge in [0.1, 0.15) is 5.75 Å². The standard InChI is InChI=1S/C16H24BrNO/c1-11-8-14(17)10-13(9-12(2)18)16(11)19-15-6-4-3-5-7-15/h8,10,12,15H,3-7,9,18H2,1-2H3. The second-order valence-electron chi connectivity index (χ2n) is 5.77. The van der Waals surface area contributed by atoms with Gasteiger partial charge in [0.25, 0.3) is 0 Å². The Morgan fingerprint density at radius 2 is 2.00 bits per heavy atom. The number of nitrogens with two attached hydrogens (primary N) is 1. The fourth-order valence-corrected chi connectivity index (χ4v) is 3.44. The van der Waals surface area contributed by atoms with Crippen molar-refractivity contribution in [3.05, 3.63) is 27.7 Å². The topological polar surface area (TPSA) is 35.2 Å². The Bertz CT molecular complexity index is 425. The maximum Gasteiger partial charge on any atom is 0.125 e. The zero-order valence-electron chi connectivity index (χ0n) is 11.9. The summed E-state index contributed by atoms with van der Waals surface area (Å²) in [7, 11) is 0. The summed E-state index contributed by atoms with van der Waals surface area (Å²) in [5.74, 6) is 1.06. The maximum absolute atomic E-state index is 6.30. The molecule has 0 aromatic heterocycles. The molecule has 2 rings (SSSR count). The van der Waals surface area contributed by atoms with E-state index in [-0.39, 0.29) is 6.04 Å². The van der Waals surface area contributed by atoms with Crippen LogP contribution in [0.15, 0.2) is 16.6 Å². The van der Waals surface area contributed by atoms with Gasteiger partial charge in [-0.1, -0.05) is 22.4 Å². The normalized spacial score (nSPS) is 18.3. The Labute approximate surface area is 124 Å². The van der Waals surface area contributed by atoms with Gasteiger partial charge in [-0.05, 0) is 69.2 Å². The van der Waals surface area contributed by atoms with E-state index in [0.29, 0.717) is 6.10 Å². The van der Waals surface area contributed by atoms with Gasteiger partial charge in [-0.3, -0.25) is 0 Å². The molecule has 1 atom stereocenters. The van der Waals surface area contributed by atoms with Crippen LogP contribution in [0.4, 0.5) is 0 Å². The zero-order valence-corrected chi connectivity index (χ0v) is 13.5. The highest BCUT2D eigenvalue weighted by Gasteiger charge is 2.18. The lowest BCUT2D eigenvalue weighted by atomic mass is 9.97. The van der Waals surface area contributed by atoms with Crippen LogP contribution in [0.2, 0.25) is 0 Å². The average molecular weight is 326 g/mol. The first kappa shape index (κ1) is 14.9. The van der Waals surface area contributed by atoms with Gasteiger partial charge in [0.2, 0.25) is 0 Å². The van der Waals surface area contributed by atoms with Crippen molar-refractivity contribution >= 4 is 15.9 Å². The number of hydrogen-bond acceptors (Lipinski definition) is 2. The minimum Gasteiger partial charge on any atom is -0.490 e. The fourth-order valence-electron chi connectivity index (χ4n) is 2.82. The summed E-state index contributed by atoms with van der Waals surface area (Å²) in [6.07, 6.45) is 7.57. The number of benzene rings is 1. The van der Waals surface area contributed by atoms with E-state index in [0.717, 1.165) is 16.6 Å². The van der Waals surface area contributed by atoms with E-state index in [1.54, 1.807) is 0 Å². The molecule has 0 aliphatic heterocycles. The highest BCUT2D eigenvalue weighted by Crippen LogP contribution is 2.32. The Kier molecular flexibility index (Phi) is 5.28. The van der Waals surface area contributed by atoms with Crippen molar-refractivity contribution < 1.29 is 4.74 Å². The molecule has 1 unspecified atom stereocenters. The van der Waals surface area contributed by atoms with Crippen molar-refractivity contribution in [1.29, 1.82) is 0 Å². The Morgan fingerprint density at radius 3 is 2.63 bits per heavy atom. The first-order valence-corrected chi connectivity index (χ1v) is 8.07. The molecule has 106 valence electrons. The quantitative estimate of drug-likeness (QED) is 0.892. The molecule has 1 saturated carbocycles. The van der Waals surface area contributed by atoms with Gasteiger partial charge in [-0.2, -0.15) is 0 Å². The third kappa shape index (κ3) is 4.22. The number of ether oxygens (including phenoxy) is 1. The molecular weight excluding hydrogens is 302 g/mol. The first-order chi connectivity index (χ1) is 9.06. The Balaban J connectivity index is 2.20. The number of halogens is 1. The molecule has 1 aliphatic carbocycles. The van der Waals surface area contributed by atoms with E-state index in [4.69, 9.17) is 10.5 Å². The molecule has 0 radical (unpaired) electrons. The van der Waals surface area contributed by atoms with Crippen LogP contribution in [-0.4, -0.2) is 12.1 Å². The summed E-state index contributed by atoms with van der Waals surface area (Å²) in [4.78, 5) is 0. The van der Waals surface area contributed by atoms with Crippen LogP contribution < -0.4 is 10.5 Å². The lowest BCUT2D eigenvalue weighted by Gasteiger charge is -2.26. The summed E-state index contributed by atoms with van der Waals surface area (Å²) < 4.78 is 7.40. The molecule has 19 heavy (non-hydrogen) atoms.